The summed E-state index contributed by atoms with van der Waals surface area (Å²) in [6.07, 6.45) is 5.68. The van der Waals surface area contributed by atoms with Crippen LogP contribution < -0.4 is 5.32 Å². The smallest absolute Gasteiger partial charge is 0.407 e. The predicted octanol–water partition coefficient (Wildman–Crippen LogP) is 2.57. The number of nitrogens with one attached hydrogen (secondary N) is 1. The van der Waals surface area contributed by atoms with E-state index in [1.807, 2.05) is 18.7 Å². The van der Waals surface area contributed by atoms with Gasteiger partial charge in [0, 0.05) is 6.54 Å². The quantitative estimate of drug-likeness (QED) is 0.793. The minimum Gasteiger partial charge on any atom is -0.453 e. The number of hydrogen-bond acceptors (Lipinski definition) is 3. The second-order valence-electron chi connectivity index (χ2n) is 6.23. The fourth-order valence-electron chi connectivity index (χ4n) is 2.49. The van der Waals surface area contributed by atoms with Crippen LogP contribution in [-0.4, -0.2) is 42.6 Å². The Hall–Kier alpha value is -1.52. The van der Waals surface area contributed by atoms with Crippen molar-refractivity contribution in [3.63, 3.8) is 0 Å². The van der Waals surface area contributed by atoms with Crippen molar-refractivity contribution in [3.8, 4) is 0 Å². The van der Waals surface area contributed by atoms with Crippen molar-refractivity contribution < 1.29 is 14.3 Å². The topological polar surface area (TPSA) is 58.6 Å². The van der Waals surface area contributed by atoms with Crippen molar-refractivity contribution in [3.05, 3.63) is 12.2 Å². The number of rotatable bonds is 5. The van der Waals surface area contributed by atoms with E-state index in [0.29, 0.717) is 5.92 Å². The molecule has 0 spiro atoms. The molecule has 1 aliphatic heterocycles. The van der Waals surface area contributed by atoms with Gasteiger partial charge in [0.15, 0.2) is 0 Å². The van der Waals surface area contributed by atoms with Crippen LogP contribution in [0.1, 0.15) is 40.5 Å². The summed E-state index contributed by atoms with van der Waals surface area (Å²) in [7, 11) is 1.31. The lowest BCUT2D eigenvalue weighted by Gasteiger charge is -2.29. The molecule has 0 aromatic carbocycles. The molecule has 0 aliphatic carbocycles. The molecule has 1 saturated heterocycles. The zero-order valence-corrected chi connectivity index (χ0v) is 13.8. The van der Waals surface area contributed by atoms with Gasteiger partial charge < -0.3 is 15.0 Å². The normalized spacial score (nSPS) is 20.3. The van der Waals surface area contributed by atoms with Crippen LogP contribution in [0.2, 0.25) is 0 Å². The lowest BCUT2D eigenvalue weighted by Crippen LogP contribution is -2.52. The van der Waals surface area contributed by atoms with Crippen molar-refractivity contribution >= 4 is 12.0 Å². The summed E-state index contributed by atoms with van der Waals surface area (Å²) in [5.74, 6) is 0.467. The Kier molecular flexibility index (Phi) is 6.72. The van der Waals surface area contributed by atoms with E-state index in [4.69, 9.17) is 0 Å². The SMILES string of the molecule is COC(=O)NC(C(=O)N1CCCC1/C=C/C(C)C)C(C)C. The molecule has 2 atom stereocenters. The Morgan fingerprint density at radius 3 is 2.48 bits per heavy atom. The third kappa shape index (κ3) is 5.06. The van der Waals surface area contributed by atoms with Crippen LogP contribution in [0, 0.1) is 11.8 Å². The standard InChI is InChI=1S/C16H28N2O3/c1-11(2)8-9-13-7-6-10-18(13)15(19)14(12(3)4)17-16(20)21-5/h8-9,11-14H,6-7,10H2,1-5H3,(H,17,20)/b9-8+. The summed E-state index contributed by atoms with van der Waals surface area (Å²) in [5, 5.41) is 2.65. The molecule has 0 saturated carbocycles. The van der Waals surface area contributed by atoms with Gasteiger partial charge in [-0.3, -0.25) is 4.79 Å². The van der Waals surface area contributed by atoms with Crippen LogP contribution in [0.3, 0.4) is 0 Å². The minimum atomic E-state index is -0.560. The number of carbonyl (C=O) groups is 2. The number of nitrogens with zero attached hydrogens (tertiary/aromatic N) is 1. The maximum atomic E-state index is 12.7. The number of likely N-dealkylation sites (tertiary alicyclic amines) is 1. The van der Waals surface area contributed by atoms with E-state index < -0.39 is 12.1 Å². The second-order valence-corrected chi connectivity index (χ2v) is 6.23. The van der Waals surface area contributed by atoms with Crippen molar-refractivity contribution in [1.82, 2.24) is 10.2 Å². The molecule has 1 fully saturated rings. The zero-order chi connectivity index (χ0) is 16.0. The predicted molar refractivity (Wildman–Crippen MR) is 82.9 cm³/mol. The molecular weight excluding hydrogens is 268 g/mol. The summed E-state index contributed by atoms with van der Waals surface area (Å²) in [5.41, 5.74) is 0. The van der Waals surface area contributed by atoms with Crippen molar-refractivity contribution in [2.24, 2.45) is 11.8 Å². The molecule has 0 aromatic rings. The van der Waals surface area contributed by atoms with Gasteiger partial charge >= 0.3 is 6.09 Å². The summed E-state index contributed by atoms with van der Waals surface area (Å²) in [6.45, 7) is 8.83. The van der Waals surface area contributed by atoms with E-state index in [1.54, 1.807) is 0 Å². The van der Waals surface area contributed by atoms with Crippen LogP contribution in [0.5, 0.6) is 0 Å². The Labute approximate surface area is 127 Å². The highest BCUT2D eigenvalue weighted by Crippen LogP contribution is 2.21. The number of hydrogen-bond donors (Lipinski definition) is 1. The molecule has 5 nitrogen and oxygen atoms in total. The molecule has 0 radical (unpaired) electrons. The summed E-state index contributed by atoms with van der Waals surface area (Å²) in [6, 6.07) is -0.397. The molecule has 0 bridgehead atoms. The van der Waals surface area contributed by atoms with Crippen molar-refractivity contribution in [2.45, 2.75) is 52.6 Å². The zero-order valence-electron chi connectivity index (χ0n) is 13.8. The number of amides is 2. The Bertz CT molecular complexity index is 391. The molecule has 1 rings (SSSR count). The van der Waals surface area contributed by atoms with E-state index in [9.17, 15) is 9.59 Å². The van der Waals surface area contributed by atoms with Gasteiger partial charge in [-0.2, -0.15) is 0 Å². The highest BCUT2D eigenvalue weighted by molar-refractivity contribution is 5.86. The van der Waals surface area contributed by atoms with Gasteiger partial charge in [0.25, 0.3) is 0 Å². The highest BCUT2D eigenvalue weighted by Gasteiger charge is 2.34. The molecule has 1 aliphatic rings. The van der Waals surface area contributed by atoms with E-state index in [1.165, 1.54) is 7.11 Å². The Morgan fingerprint density at radius 1 is 1.29 bits per heavy atom. The van der Waals surface area contributed by atoms with Gasteiger partial charge in [-0.25, -0.2) is 4.79 Å². The maximum Gasteiger partial charge on any atom is 0.407 e. The lowest BCUT2D eigenvalue weighted by atomic mass is 10.0. The van der Waals surface area contributed by atoms with E-state index in [0.717, 1.165) is 19.4 Å². The second kappa shape index (κ2) is 8.05. The monoisotopic (exact) mass is 296 g/mol. The maximum absolute atomic E-state index is 12.7. The van der Waals surface area contributed by atoms with Gasteiger partial charge in [0.05, 0.1) is 13.2 Å². The van der Waals surface area contributed by atoms with Gasteiger partial charge in [0.1, 0.15) is 6.04 Å². The first-order valence-corrected chi connectivity index (χ1v) is 7.70. The number of methoxy groups -OCH3 is 1. The minimum absolute atomic E-state index is 0.0203. The molecular formula is C16H28N2O3. The average Bonchev–Trinajstić information content (AvgIpc) is 2.89. The molecule has 1 heterocycles. The first-order valence-electron chi connectivity index (χ1n) is 7.70. The fraction of sp³-hybridized carbons (Fsp3) is 0.750. The average molecular weight is 296 g/mol. The number of ether oxygens (including phenoxy) is 1. The van der Waals surface area contributed by atoms with Gasteiger partial charge in [-0.1, -0.05) is 39.8 Å². The van der Waals surface area contributed by atoms with Gasteiger partial charge in [-0.05, 0) is 24.7 Å². The van der Waals surface area contributed by atoms with Crippen LogP contribution >= 0.6 is 0 Å². The Morgan fingerprint density at radius 2 is 1.95 bits per heavy atom. The van der Waals surface area contributed by atoms with Crippen molar-refractivity contribution in [1.29, 1.82) is 0 Å². The molecule has 120 valence electrons. The summed E-state index contributed by atoms with van der Waals surface area (Å²) in [4.78, 5) is 26.0. The number of allylic oxidation sites excluding steroid dienone is 1. The van der Waals surface area contributed by atoms with Crippen molar-refractivity contribution in [2.75, 3.05) is 13.7 Å². The van der Waals surface area contributed by atoms with Gasteiger partial charge in [0.2, 0.25) is 5.91 Å². The first kappa shape index (κ1) is 17.5. The molecule has 21 heavy (non-hydrogen) atoms. The lowest BCUT2D eigenvalue weighted by molar-refractivity contribution is -0.134. The summed E-state index contributed by atoms with van der Waals surface area (Å²) >= 11 is 0. The fourth-order valence-corrected chi connectivity index (χ4v) is 2.49. The van der Waals surface area contributed by atoms with E-state index >= 15 is 0 Å². The third-order valence-electron chi connectivity index (χ3n) is 3.69. The third-order valence-corrected chi connectivity index (χ3v) is 3.69. The Balaban J connectivity index is 2.79. The molecule has 5 heteroatoms. The number of carbonyl (C=O) groups excluding carboxylic acids is 2. The summed E-state index contributed by atoms with van der Waals surface area (Å²) < 4.78 is 4.61. The van der Waals surface area contributed by atoms with Crippen LogP contribution in [0.15, 0.2) is 12.2 Å². The highest BCUT2D eigenvalue weighted by atomic mass is 16.5. The van der Waals surface area contributed by atoms with Crippen LogP contribution in [-0.2, 0) is 9.53 Å². The van der Waals surface area contributed by atoms with E-state index in [-0.39, 0.29) is 17.9 Å². The number of alkyl carbamates (subject to hydrolysis) is 1. The van der Waals surface area contributed by atoms with E-state index in [2.05, 4.69) is 36.1 Å². The largest absolute Gasteiger partial charge is 0.453 e. The van der Waals surface area contributed by atoms with Crippen LogP contribution in [0.4, 0.5) is 4.79 Å². The molecule has 1 N–H and O–H groups in total. The molecule has 2 unspecified atom stereocenters. The molecule has 0 aromatic heterocycles. The molecule has 2 amide bonds. The first-order chi connectivity index (χ1) is 9.86. The van der Waals surface area contributed by atoms with Crippen LogP contribution in [0.25, 0.3) is 0 Å². The van der Waals surface area contributed by atoms with Gasteiger partial charge in [-0.15, -0.1) is 0 Å².